The largest absolute Gasteiger partial charge is 0.360 e. The number of aromatic amines is 1. The summed E-state index contributed by atoms with van der Waals surface area (Å²) in [6.45, 7) is 8.62. The average molecular weight is 404 g/mol. The van der Waals surface area contributed by atoms with E-state index in [-0.39, 0.29) is 17.7 Å². The quantitative estimate of drug-likeness (QED) is 0.658. The van der Waals surface area contributed by atoms with E-state index in [0.29, 0.717) is 26.2 Å². The predicted molar refractivity (Wildman–Crippen MR) is 120 cm³/mol. The van der Waals surface area contributed by atoms with Crippen molar-refractivity contribution in [3.8, 4) is 0 Å². The Kier molecular flexibility index (Phi) is 5.48. The maximum absolute atomic E-state index is 13.2. The van der Waals surface area contributed by atoms with Gasteiger partial charge in [0.1, 0.15) is 0 Å². The summed E-state index contributed by atoms with van der Waals surface area (Å²) in [5.41, 5.74) is 2.18. The lowest BCUT2D eigenvalue weighted by Crippen LogP contribution is -2.56. The van der Waals surface area contributed by atoms with E-state index in [4.69, 9.17) is 0 Å². The molecule has 1 saturated heterocycles. The van der Waals surface area contributed by atoms with Crippen LogP contribution in [0.15, 0.2) is 60.8 Å². The van der Waals surface area contributed by atoms with E-state index in [1.165, 1.54) is 0 Å². The number of nitrogens with one attached hydrogen (secondary N) is 1. The molecule has 5 nitrogen and oxygen atoms in total. The zero-order valence-electron chi connectivity index (χ0n) is 17.9. The Bertz CT molecular complexity index is 1050. The molecule has 1 aromatic heterocycles. The van der Waals surface area contributed by atoms with Gasteiger partial charge in [-0.1, -0.05) is 48.5 Å². The number of piperazine rings is 1. The summed E-state index contributed by atoms with van der Waals surface area (Å²) in [4.78, 5) is 33.6. The van der Waals surface area contributed by atoms with Gasteiger partial charge in [-0.3, -0.25) is 14.5 Å². The molecule has 1 aliphatic rings. The highest BCUT2D eigenvalue weighted by Crippen LogP contribution is 2.27. The van der Waals surface area contributed by atoms with Crippen molar-refractivity contribution in [2.75, 3.05) is 26.2 Å². The summed E-state index contributed by atoms with van der Waals surface area (Å²) < 4.78 is 0. The lowest BCUT2D eigenvalue weighted by Gasteiger charge is -2.40. The van der Waals surface area contributed by atoms with Crippen LogP contribution in [0, 0.1) is 0 Å². The lowest BCUT2D eigenvalue weighted by atomic mass is 9.83. The molecule has 156 valence electrons. The van der Waals surface area contributed by atoms with Crippen molar-refractivity contribution < 1.29 is 9.59 Å². The summed E-state index contributed by atoms with van der Waals surface area (Å²) in [7, 11) is 0. The lowest BCUT2D eigenvalue weighted by molar-refractivity contribution is -0.138. The molecule has 1 unspecified atom stereocenters. The van der Waals surface area contributed by atoms with E-state index in [0.717, 1.165) is 22.0 Å². The van der Waals surface area contributed by atoms with Gasteiger partial charge in [0.05, 0.1) is 11.5 Å². The molecule has 1 atom stereocenters. The van der Waals surface area contributed by atoms with Crippen LogP contribution in [0.1, 0.15) is 36.7 Å². The van der Waals surface area contributed by atoms with Crippen molar-refractivity contribution in [3.05, 3.63) is 71.9 Å². The van der Waals surface area contributed by atoms with Crippen LogP contribution in [0.25, 0.3) is 10.9 Å². The first-order valence-corrected chi connectivity index (χ1v) is 10.6. The van der Waals surface area contributed by atoms with Crippen molar-refractivity contribution in [1.82, 2.24) is 14.8 Å². The van der Waals surface area contributed by atoms with E-state index in [9.17, 15) is 9.59 Å². The van der Waals surface area contributed by atoms with Crippen LogP contribution in [-0.4, -0.2) is 58.7 Å². The van der Waals surface area contributed by atoms with E-state index in [1.54, 1.807) is 0 Å². The van der Waals surface area contributed by atoms with Gasteiger partial charge in [-0.05, 0) is 32.4 Å². The van der Waals surface area contributed by atoms with Gasteiger partial charge >= 0.3 is 0 Å². The first-order valence-electron chi connectivity index (χ1n) is 10.6. The molecule has 5 heteroatoms. The normalized spacial score (nSPS) is 16.6. The number of H-pyrrole nitrogens is 1. The summed E-state index contributed by atoms with van der Waals surface area (Å²) in [5, 5.41) is 0.966. The van der Waals surface area contributed by atoms with Crippen molar-refractivity contribution in [2.24, 2.45) is 0 Å². The Morgan fingerprint density at radius 1 is 0.933 bits per heavy atom. The van der Waals surface area contributed by atoms with Gasteiger partial charge in [0, 0.05) is 48.8 Å². The van der Waals surface area contributed by atoms with E-state index in [2.05, 4.69) is 9.88 Å². The Balaban J connectivity index is 1.41. The molecule has 0 bridgehead atoms. The third-order valence-corrected chi connectivity index (χ3v) is 6.41. The van der Waals surface area contributed by atoms with E-state index >= 15 is 0 Å². The molecule has 2 aromatic carbocycles. The van der Waals surface area contributed by atoms with Crippen LogP contribution >= 0.6 is 0 Å². The van der Waals surface area contributed by atoms with Crippen LogP contribution in [0.2, 0.25) is 0 Å². The Labute approximate surface area is 177 Å². The first kappa shape index (κ1) is 20.4. The molecule has 0 aliphatic carbocycles. The molecule has 0 radical (unpaired) electrons. The number of fused-ring (bicyclic) bond motifs is 1. The van der Waals surface area contributed by atoms with Crippen molar-refractivity contribution in [2.45, 2.75) is 32.2 Å². The number of ketones is 1. The van der Waals surface area contributed by atoms with E-state index in [1.807, 2.05) is 86.5 Å². The van der Waals surface area contributed by atoms with Crippen LogP contribution in [0.3, 0.4) is 0 Å². The molecule has 1 aliphatic heterocycles. The molecule has 1 amide bonds. The molecule has 0 spiro atoms. The number of aromatic nitrogens is 1. The molecular weight excluding hydrogens is 374 g/mol. The third kappa shape index (κ3) is 3.65. The minimum atomic E-state index is -0.561. The minimum absolute atomic E-state index is 0.122. The molecule has 0 saturated carbocycles. The SMILES string of the molecule is CC(C(=O)c1c[nH]c2ccccc12)N1CCN(C(=O)C(C)(C)c2ccccc2)CC1. The van der Waals surface area contributed by atoms with Crippen LogP contribution in [0.4, 0.5) is 0 Å². The molecule has 3 aromatic rings. The highest BCUT2D eigenvalue weighted by Gasteiger charge is 2.36. The Morgan fingerprint density at radius 3 is 2.27 bits per heavy atom. The summed E-state index contributed by atoms with van der Waals surface area (Å²) in [5.74, 6) is 0.265. The maximum Gasteiger partial charge on any atom is 0.232 e. The zero-order chi connectivity index (χ0) is 21.3. The fraction of sp³-hybridized carbons (Fsp3) is 0.360. The number of nitrogens with zero attached hydrogens (tertiary/aromatic N) is 2. The summed E-state index contributed by atoms with van der Waals surface area (Å²) in [6, 6.07) is 17.6. The second kappa shape index (κ2) is 8.07. The monoisotopic (exact) mass is 403 g/mol. The van der Waals surface area contributed by atoms with Crippen LogP contribution < -0.4 is 0 Å². The van der Waals surface area contributed by atoms with Gasteiger partial charge in [0.15, 0.2) is 5.78 Å². The van der Waals surface area contributed by atoms with Crippen molar-refractivity contribution in [3.63, 3.8) is 0 Å². The minimum Gasteiger partial charge on any atom is -0.360 e. The van der Waals surface area contributed by atoms with Gasteiger partial charge in [0.2, 0.25) is 5.91 Å². The highest BCUT2D eigenvalue weighted by atomic mass is 16.2. The molecule has 1 N–H and O–H groups in total. The van der Waals surface area contributed by atoms with Gasteiger partial charge in [-0.2, -0.15) is 0 Å². The molecule has 2 heterocycles. The van der Waals surface area contributed by atoms with Gasteiger partial charge in [-0.25, -0.2) is 0 Å². The third-order valence-electron chi connectivity index (χ3n) is 6.41. The van der Waals surface area contributed by atoms with Crippen LogP contribution in [0.5, 0.6) is 0 Å². The number of rotatable bonds is 5. The van der Waals surface area contributed by atoms with Crippen molar-refractivity contribution >= 4 is 22.6 Å². The molecular formula is C25H29N3O2. The average Bonchev–Trinajstić information content (AvgIpc) is 3.22. The number of carbonyl (C=O) groups excluding carboxylic acids is 2. The number of hydrogen-bond donors (Lipinski definition) is 1. The second-order valence-electron chi connectivity index (χ2n) is 8.61. The summed E-state index contributed by atoms with van der Waals surface area (Å²) in [6.07, 6.45) is 1.81. The predicted octanol–water partition coefficient (Wildman–Crippen LogP) is 3.86. The number of amides is 1. The Morgan fingerprint density at radius 2 is 1.57 bits per heavy atom. The molecule has 30 heavy (non-hydrogen) atoms. The van der Waals surface area contributed by atoms with Crippen molar-refractivity contribution in [1.29, 1.82) is 0 Å². The van der Waals surface area contributed by atoms with Gasteiger partial charge < -0.3 is 9.88 Å². The topological polar surface area (TPSA) is 56.4 Å². The standard InChI is InChI=1S/C25H29N3O2/c1-18(23(29)21-17-26-22-12-8-7-11-20(21)22)27-13-15-28(16-14-27)24(30)25(2,3)19-9-5-4-6-10-19/h4-12,17-18,26H,13-16H2,1-3H3. The number of hydrogen-bond acceptors (Lipinski definition) is 3. The number of Topliss-reactive ketones (excluding diaryl/α,β-unsaturated/α-hetero) is 1. The summed E-state index contributed by atoms with van der Waals surface area (Å²) >= 11 is 0. The number of para-hydroxylation sites is 1. The molecule has 1 fully saturated rings. The van der Waals surface area contributed by atoms with Gasteiger partial charge in [-0.15, -0.1) is 0 Å². The second-order valence-corrected chi connectivity index (χ2v) is 8.61. The fourth-order valence-corrected chi connectivity index (χ4v) is 4.35. The highest BCUT2D eigenvalue weighted by molar-refractivity contribution is 6.10. The maximum atomic E-state index is 13.2. The zero-order valence-corrected chi connectivity index (χ0v) is 17.9. The number of benzene rings is 2. The van der Waals surface area contributed by atoms with E-state index < -0.39 is 5.41 Å². The fourth-order valence-electron chi connectivity index (χ4n) is 4.35. The smallest absolute Gasteiger partial charge is 0.232 e. The number of carbonyl (C=O) groups is 2. The Hall–Kier alpha value is -2.92. The molecule has 4 rings (SSSR count). The van der Waals surface area contributed by atoms with Gasteiger partial charge in [0.25, 0.3) is 0 Å². The first-order chi connectivity index (χ1) is 14.4. The van der Waals surface area contributed by atoms with Crippen LogP contribution in [-0.2, 0) is 10.2 Å².